The second-order valence-electron chi connectivity index (χ2n) is 3.05. The van der Waals surface area contributed by atoms with Crippen LogP contribution >= 0.6 is 0 Å². The van der Waals surface area contributed by atoms with Gasteiger partial charge in [0, 0.05) is 11.2 Å². The molecule has 1 rings (SSSR count). The highest BCUT2D eigenvalue weighted by Gasteiger charge is 2.07. The van der Waals surface area contributed by atoms with Crippen molar-refractivity contribution in [3.8, 4) is 0 Å². The maximum atomic E-state index is 11.4. The number of rotatable bonds is 3. The Labute approximate surface area is 101 Å². The summed E-state index contributed by atoms with van der Waals surface area (Å²) < 4.78 is 11.4. The summed E-state index contributed by atoms with van der Waals surface area (Å²) in [5, 5.41) is 0. The summed E-state index contributed by atoms with van der Waals surface area (Å²) in [6, 6.07) is 3.81. The fourth-order valence-corrected chi connectivity index (χ4v) is 2.29. The van der Waals surface area contributed by atoms with Crippen LogP contribution in [0.4, 0.5) is 0 Å². The van der Waals surface area contributed by atoms with Crippen molar-refractivity contribution in [2.75, 3.05) is 6.26 Å². The largest absolute Gasteiger partial charge is 0.255 e. The Morgan fingerprint density at radius 1 is 1.19 bits per heavy atom. The van der Waals surface area contributed by atoms with Gasteiger partial charge in [0.15, 0.2) is 0 Å². The predicted molar refractivity (Wildman–Crippen MR) is 75.0 cm³/mol. The second-order valence-corrected chi connectivity index (χ2v) is 4.40. The highest BCUT2D eigenvalue weighted by atomic mass is 32.2. The molecule has 88 valence electrons. The molecule has 16 heavy (non-hydrogen) atoms. The van der Waals surface area contributed by atoms with E-state index in [4.69, 9.17) is 0 Å². The highest BCUT2D eigenvalue weighted by molar-refractivity contribution is 7.84. The van der Waals surface area contributed by atoms with E-state index >= 15 is 0 Å². The Morgan fingerprint density at radius 3 is 2.12 bits per heavy atom. The minimum absolute atomic E-state index is 0.866. The van der Waals surface area contributed by atoms with Gasteiger partial charge in [-0.15, -0.1) is 0 Å². The number of hydrogen-bond acceptors (Lipinski definition) is 1. The van der Waals surface area contributed by atoms with E-state index < -0.39 is 10.8 Å². The fraction of sp³-hybridized carbons (Fsp3) is 0.286. The number of hydrogen-bond donors (Lipinski definition) is 0. The third-order valence-electron chi connectivity index (χ3n) is 2.23. The standard InChI is InChI=1S/C12H14OS.C2H6/c1-5-10-7-8-12(14(4)13)9(3)11(10)6-2;1-2/h5-8H,1-2H2,3-4H3;1-2H3. The molecule has 0 saturated carbocycles. The molecule has 0 amide bonds. The lowest BCUT2D eigenvalue weighted by molar-refractivity contribution is 0.686. The Bertz CT molecular complexity index is 405. The zero-order valence-corrected chi connectivity index (χ0v) is 11.4. The van der Waals surface area contributed by atoms with Gasteiger partial charge in [0.2, 0.25) is 0 Å². The van der Waals surface area contributed by atoms with Crippen molar-refractivity contribution in [1.82, 2.24) is 0 Å². The maximum Gasteiger partial charge on any atom is 0.0501 e. The van der Waals surface area contributed by atoms with Gasteiger partial charge in [0.05, 0.1) is 10.8 Å². The van der Waals surface area contributed by atoms with Crippen molar-refractivity contribution in [3.63, 3.8) is 0 Å². The first kappa shape index (κ1) is 14.8. The molecule has 1 atom stereocenters. The molecule has 0 aromatic heterocycles. The minimum atomic E-state index is -0.945. The summed E-state index contributed by atoms with van der Waals surface area (Å²) in [4.78, 5) is 0.866. The van der Waals surface area contributed by atoms with Crippen molar-refractivity contribution >= 4 is 23.0 Å². The van der Waals surface area contributed by atoms with Crippen molar-refractivity contribution in [2.24, 2.45) is 0 Å². The summed E-state index contributed by atoms with van der Waals surface area (Å²) >= 11 is 0. The molecule has 1 unspecified atom stereocenters. The van der Waals surface area contributed by atoms with Crippen LogP contribution in [0.25, 0.3) is 12.2 Å². The first-order valence-electron chi connectivity index (χ1n) is 5.33. The Morgan fingerprint density at radius 2 is 1.75 bits per heavy atom. The molecule has 1 aromatic carbocycles. The van der Waals surface area contributed by atoms with E-state index in [2.05, 4.69) is 13.2 Å². The maximum absolute atomic E-state index is 11.4. The lowest BCUT2D eigenvalue weighted by Crippen LogP contribution is -1.96. The zero-order valence-electron chi connectivity index (χ0n) is 10.5. The SMILES string of the molecule is C=Cc1ccc(S(C)=O)c(C)c1C=C.CC. The third kappa shape index (κ3) is 3.17. The normalized spacial score (nSPS) is 11.0. The molecule has 0 saturated heterocycles. The lowest BCUT2D eigenvalue weighted by atomic mass is 10.0. The van der Waals surface area contributed by atoms with Crippen LogP contribution in [-0.2, 0) is 10.8 Å². The van der Waals surface area contributed by atoms with E-state index in [-0.39, 0.29) is 0 Å². The second kappa shape index (κ2) is 7.18. The van der Waals surface area contributed by atoms with E-state index in [9.17, 15) is 4.21 Å². The van der Waals surface area contributed by atoms with Crippen LogP contribution in [-0.4, -0.2) is 10.5 Å². The molecule has 0 bridgehead atoms. The van der Waals surface area contributed by atoms with Gasteiger partial charge >= 0.3 is 0 Å². The topological polar surface area (TPSA) is 17.1 Å². The number of benzene rings is 1. The summed E-state index contributed by atoms with van der Waals surface area (Å²) in [5.41, 5.74) is 3.08. The molecule has 0 spiro atoms. The molecule has 0 aliphatic rings. The molecule has 1 aromatic rings. The van der Waals surface area contributed by atoms with Gasteiger partial charge in [0.25, 0.3) is 0 Å². The van der Waals surface area contributed by atoms with Gasteiger partial charge in [-0.05, 0) is 29.7 Å². The van der Waals surface area contributed by atoms with Crippen LogP contribution in [0.3, 0.4) is 0 Å². The van der Waals surface area contributed by atoms with E-state index in [0.717, 1.165) is 21.6 Å². The van der Waals surface area contributed by atoms with E-state index in [1.165, 1.54) is 0 Å². The fourth-order valence-electron chi connectivity index (χ4n) is 1.49. The van der Waals surface area contributed by atoms with Crippen LogP contribution in [0.2, 0.25) is 0 Å². The molecule has 1 nitrogen and oxygen atoms in total. The summed E-state index contributed by atoms with van der Waals surface area (Å²) in [7, 11) is -0.945. The quantitative estimate of drug-likeness (QED) is 0.774. The summed E-state index contributed by atoms with van der Waals surface area (Å²) in [6.07, 6.45) is 5.25. The first-order valence-corrected chi connectivity index (χ1v) is 6.89. The van der Waals surface area contributed by atoms with Gasteiger partial charge in [-0.25, -0.2) is 0 Å². The van der Waals surface area contributed by atoms with E-state index in [1.54, 1.807) is 18.4 Å². The third-order valence-corrected chi connectivity index (χ3v) is 3.29. The molecular weight excluding hydrogens is 216 g/mol. The van der Waals surface area contributed by atoms with Crippen molar-refractivity contribution in [1.29, 1.82) is 0 Å². The van der Waals surface area contributed by atoms with Crippen LogP contribution < -0.4 is 0 Å². The molecule has 0 radical (unpaired) electrons. The van der Waals surface area contributed by atoms with Crippen LogP contribution in [0.15, 0.2) is 30.2 Å². The monoisotopic (exact) mass is 236 g/mol. The van der Waals surface area contributed by atoms with Gasteiger partial charge in [0.1, 0.15) is 0 Å². The molecule has 0 aliphatic carbocycles. The Hall–Kier alpha value is -1.15. The Kier molecular flexibility index (Phi) is 6.66. The van der Waals surface area contributed by atoms with Crippen LogP contribution in [0.5, 0.6) is 0 Å². The smallest absolute Gasteiger partial charge is 0.0501 e. The van der Waals surface area contributed by atoms with E-state index in [1.807, 2.05) is 32.9 Å². The lowest BCUT2D eigenvalue weighted by Gasteiger charge is -2.09. The minimum Gasteiger partial charge on any atom is -0.255 e. The average molecular weight is 236 g/mol. The molecule has 0 fully saturated rings. The van der Waals surface area contributed by atoms with Gasteiger partial charge < -0.3 is 0 Å². The Balaban J connectivity index is 0.00000106. The highest BCUT2D eigenvalue weighted by Crippen LogP contribution is 2.22. The predicted octanol–water partition coefficient (Wildman–Crippen LogP) is 4.04. The average Bonchev–Trinajstić information content (AvgIpc) is 2.30. The van der Waals surface area contributed by atoms with Crippen molar-refractivity contribution in [2.45, 2.75) is 25.7 Å². The molecule has 0 heterocycles. The molecule has 0 N–H and O–H groups in total. The van der Waals surface area contributed by atoms with Crippen LogP contribution in [0.1, 0.15) is 30.5 Å². The molecule has 0 aliphatic heterocycles. The summed E-state index contributed by atoms with van der Waals surface area (Å²) in [5.74, 6) is 0. The first-order chi connectivity index (χ1) is 7.61. The molecule has 2 heteroatoms. The van der Waals surface area contributed by atoms with Gasteiger partial charge in [-0.2, -0.15) is 0 Å². The summed E-state index contributed by atoms with van der Waals surface area (Å²) in [6.45, 7) is 13.4. The molecular formula is C14H20OS. The van der Waals surface area contributed by atoms with Gasteiger partial charge in [-0.3, -0.25) is 4.21 Å². The van der Waals surface area contributed by atoms with Crippen LogP contribution in [0, 0.1) is 6.92 Å². The van der Waals surface area contributed by atoms with Gasteiger partial charge in [-0.1, -0.05) is 45.2 Å². The van der Waals surface area contributed by atoms with E-state index in [0.29, 0.717) is 0 Å². The van der Waals surface area contributed by atoms with Crippen molar-refractivity contribution in [3.05, 3.63) is 42.0 Å². The van der Waals surface area contributed by atoms with Crippen molar-refractivity contribution < 1.29 is 4.21 Å². The zero-order chi connectivity index (χ0) is 12.7.